The Hall–Kier alpha value is -3.05. The first-order valence-electron chi connectivity index (χ1n) is 10.00. The third-order valence-electron chi connectivity index (χ3n) is 4.42. The summed E-state index contributed by atoms with van der Waals surface area (Å²) in [5.41, 5.74) is 10.8. The zero-order valence-electron chi connectivity index (χ0n) is 17.4. The van der Waals surface area contributed by atoms with Gasteiger partial charge < -0.3 is 25.1 Å². The highest BCUT2D eigenvalue weighted by Crippen LogP contribution is 2.23. The second-order valence-electron chi connectivity index (χ2n) is 6.66. The van der Waals surface area contributed by atoms with Gasteiger partial charge >= 0.3 is 5.71 Å². The second kappa shape index (κ2) is 11.7. The van der Waals surface area contributed by atoms with E-state index < -0.39 is 0 Å². The Morgan fingerprint density at radius 1 is 1.17 bits per heavy atom. The van der Waals surface area contributed by atoms with Crippen molar-refractivity contribution in [3.05, 3.63) is 58.7 Å². The number of ether oxygens (including phenoxy) is 3. The van der Waals surface area contributed by atoms with Crippen molar-refractivity contribution in [2.45, 2.75) is 46.0 Å². The number of allylic oxidation sites excluding steroid dienone is 3. The minimum Gasteiger partial charge on any atom is -0.497 e. The second-order valence-corrected chi connectivity index (χ2v) is 6.66. The average Bonchev–Trinajstić information content (AvgIpc) is 2.75. The van der Waals surface area contributed by atoms with Gasteiger partial charge in [0.25, 0.3) is 5.91 Å². The van der Waals surface area contributed by atoms with Gasteiger partial charge in [0.15, 0.2) is 0 Å². The van der Waals surface area contributed by atoms with E-state index in [1.165, 1.54) is 0 Å². The molecule has 0 aliphatic heterocycles. The van der Waals surface area contributed by atoms with Gasteiger partial charge in [0.1, 0.15) is 17.9 Å². The molecule has 1 amide bonds. The molecule has 1 aromatic carbocycles. The average molecular weight is 399 g/mol. The molecule has 156 valence electrons. The fourth-order valence-electron chi connectivity index (χ4n) is 2.70. The normalized spacial score (nSPS) is 13.5. The van der Waals surface area contributed by atoms with Crippen LogP contribution in [0.15, 0.2) is 47.6 Å². The molecular formula is C22H29N3O4. The lowest BCUT2D eigenvalue weighted by atomic mass is 10.1. The quantitative estimate of drug-likeness (QED) is 0.342. The third-order valence-corrected chi connectivity index (χ3v) is 4.42. The molecule has 0 fully saturated rings. The van der Waals surface area contributed by atoms with Crippen LogP contribution in [0.5, 0.6) is 5.75 Å². The van der Waals surface area contributed by atoms with Crippen molar-refractivity contribution < 1.29 is 23.8 Å². The molecule has 29 heavy (non-hydrogen) atoms. The molecular weight excluding hydrogens is 370 g/mol. The standard InChI is InChI=1S/C22H29N3O4/c1-4-6-11-28-20-15-19(25-23)21(29-12-7-5-2)14-18(20)24-22(26)16-9-8-10-17(13-16)27-3/h8-10,13-14H,4-7,11-12,15H2,1-3H3,(H,24,26). The van der Waals surface area contributed by atoms with Gasteiger partial charge in [-0.25, -0.2) is 0 Å². The minimum absolute atomic E-state index is 0.242. The highest BCUT2D eigenvalue weighted by atomic mass is 16.5. The lowest BCUT2D eigenvalue weighted by Crippen LogP contribution is -2.28. The Bertz CT molecular complexity index is 823. The predicted molar refractivity (Wildman–Crippen MR) is 111 cm³/mol. The number of hydrogen-bond donors (Lipinski definition) is 1. The van der Waals surface area contributed by atoms with E-state index in [9.17, 15) is 10.3 Å². The lowest BCUT2D eigenvalue weighted by molar-refractivity contribution is -0.0139. The van der Waals surface area contributed by atoms with Crippen LogP contribution in [0.3, 0.4) is 0 Å². The zero-order valence-corrected chi connectivity index (χ0v) is 17.4. The van der Waals surface area contributed by atoms with Crippen molar-refractivity contribution in [2.24, 2.45) is 0 Å². The molecule has 0 unspecified atom stereocenters. The molecule has 1 N–H and O–H groups in total. The predicted octanol–water partition coefficient (Wildman–Crippen LogP) is 4.23. The van der Waals surface area contributed by atoms with Crippen LogP contribution in [0.2, 0.25) is 0 Å². The fraction of sp³-hybridized carbons (Fsp3) is 0.455. The summed E-state index contributed by atoms with van der Waals surface area (Å²) in [5.74, 6) is 1.29. The molecule has 0 aromatic heterocycles. The summed E-state index contributed by atoms with van der Waals surface area (Å²) >= 11 is 0. The van der Waals surface area contributed by atoms with Crippen LogP contribution in [0, 0.1) is 0 Å². The Morgan fingerprint density at radius 2 is 1.90 bits per heavy atom. The first-order chi connectivity index (χ1) is 14.1. The first-order valence-corrected chi connectivity index (χ1v) is 10.00. The van der Waals surface area contributed by atoms with Crippen LogP contribution in [-0.4, -0.2) is 36.7 Å². The molecule has 1 aliphatic rings. The maximum absolute atomic E-state index is 12.8. The topological polar surface area (TPSA) is 93.2 Å². The molecule has 2 rings (SSSR count). The molecule has 1 aliphatic carbocycles. The van der Waals surface area contributed by atoms with E-state index in [2.05, 4.69) is 24.0 Å². The minimum atomic E-state index is -0.288. The first kappa shape index (κ1) is 22.2. The molecule has 0 saturated carbocycles. The molecule has 0 heterocycles. The van der Waals surface area contributed by atoms with Gasteiger partial charge in [0, 0.05) is 11.6 Å². The van der Waals surface area contributed by atoms with Crippen LogP contribution in [0.1, 0.15) is 56.3 Å². The Kier molecular flexibility index (Phi) is 8.99. The van der Waals surface area contributed by atoms with E-state index >= 15 is 0 Å². The summed E-state index contributed by atoms with van der Waals surface area (Å²) in [4.78, 5) is 16.1. The molecule has 0 spiro atoms. The van der Waals surface area contributed by atoms with Crippen molar-refractivity contribution in [3.8, 4) is 5.75 Å². The van der Waals surface area contributed by atoms with Crippen molar-refractivity contribution in [2.75, 3.05) is 20.3 Å². The van der Waals surface area contributed by atoms with Crippen molar-refractivity contribution in [1.82, 2.24) is 5.32 Å². The number of rotatable bonds is 11. The zero-order chi connectivity index (χ0) is 21.1. The molecule has 1 aromatic rings. The molecule has 0 saturated heterocycles. The number of amides is 1. The van der Waals surface area contributed by atoms with E-state index in [1.807, 2.05) is 0 Å². The van der Waals surface area contributed by atoms with Gasteiger partial charge in [-0.15, -0.1) is 0 Å². The smallest absolute Gasteiger partial charge is 0.341 e. The van der Waals surface area contributed by atoms with Gasteiger partial charge in [-0.05, 0) is 31.0 Å². The van der Waals surface area contributed by atoms with Crippen molar-refractivity contribution in [3.63, 3.8) is 0 Å². The number of methoxy groups -OCH3 is 1. The largest absolute Gasteiger partial charge is 0.497 e. The number of unbranched alkanes of at least 4 members (excludes halogenated alkanes) is 2. The van der Waals surface area contributed by atoms with E-state index in [1.54, 1.807) is 37.5 Å². The van der Waals surface area contributed by atoms with Crippen molar-refractivity contribution in [1.29, 1.82) is 0 Å². The summed E-state index contributed by atoms with van der Waals surface area (Å²) in [6.07, 6.45) is 5.64. The third kappa shape index (κ3) is 6.50. The van der Waals surface area contributed by atoms with Gasteiger partial charge in [0.05, 0.1) is 26.0 Å². The summed E-state index contributed by atoms with van der Waals surface area (Å²) in [6, 6.07) is 6.91. The van der Waals surface area contributed by atoms with Crippen LogP contribution in [0.25, 0.3) is 5.53 Å². The number of hydrogen-bond acceptors (Lipinski definition) is 4. The SMILES string of the molecule is CCCCOC1=CC(NC(=O)c2cccc(OC)c2)=C(OCCCC)CC1=[N+]=[N-]. The Balaban J connectivity index is 2.28. The van der Waals surface area contributed by atoms with E-state index in [0.717, 1.165) is 25.7 Å². The lowest BCUT2D eigenvalue weighted by Gasteiger charge is -2.19. The Labute approximate surface area is 172 Å². The van der Waals surface area contributed by atoms with Crippen molar-refractivity contribution >= 4 is 11.6 Å². The van der Waals surface area contributed by atoms with Gasteiger partial charge in [-0.1, -0.05) is 32.8 Å². The maximum Gasteiger partial charge on any atom is 0.341 e. The molecule has 7 heteroatoms. The molecule has 7 nitrogen and oxygen atoms in total. The van der Waals surface area contributed by atoms with E-state index in [4.69, 9.17) is 14.2 Å². The number of benzene rings is 1. The highest BCUT2D eigenvalue weighted by Gasteiger charge is 2.29. The number of carbonyl (C=O) groups excluding carboxylic acids is 1. The molecule has 0 atom stereocenters. The monoisotopic (exact) mass is 399 g/mol. The number of nitrogens with zero attached hydrogens (tertiary/aromatic N) is 2. The van der Waals surface area contributed by atoms with Gasteiger partial charge in [0.2, 0.25) is 5.76 Å². The Morgan fingerprint density at radius 3 is 2.55 bits per heavy atom. The van der Waals surface area contributed by atoms with Crippen LogP contribution in [0.4, 0.5) is 0 Å². The summed E-state index contributed by atoms with van der Waals surface area (Å²) in [5, 5.41) is 2.90. The number of nitrogens with one attached hydrogen (secondary N) is 1. The number of carbonyl (C=O) groups is 1. The summed E-state index contributed by atoms with van der Waals surface area (Å²) in [6.45, 7) is 5.16. The van der Waals surface area contributed by atoms with E-state index in [0.29, 0.717) is 47.5 Å². The molecule has 0 radical (unpaired) electrons. The van der Waals surface area contributed by atoms with Gasteiger partial charge in [-0.3, -0.25) is 4.79 Å². The van der Waals surface area contributed by atoms with Crippen LogP contribution in [-0.2, 0) is 9.47 Å². The summed E-state index contributed by atoms with van der Waals surface area (Å²) < 4.78 is 16.8. The van der Waals surface area contributed by atoms with Crippen LogP contribution < -0.4 is 10.1 Å². The molecule has 0 bridgehead atoms. The van der Waals surface area contributed by atoms with E-state index in [-0.39, 0.29) is 12.3 Å². The highest BCUT2D eigenvalue weighted by molar-refractivity contribution is 5.99. The van der Waals surface area contributed by atoms with Crippen LogP contribution >= 0.6 is 0 Å². The maximum atomic E-state index is 12.8. The summed E-state index contributed by atoms with van der Waals surface area (Å²) in [7, 11) is 1.55. The van der Waals surface area contributed by atoms with Gasteiger partial charge in [-0.2, -0.15) is 4.79 Å². The fourth-order valence-corrected chi connectivity index (χ4v) is 2.70.